The molecule has 0 saturated carbocycles. The Morgan fingerprint density at radius 3 is 2.53 bits per heavy atom. The molecular formula is C9H11ClF2N2O2S. The number of rotatable bonds is 5. The Morgan fingerprint density at radius 2 is 2.06 bits per heavy atom. The monoisotopic (exact) mass is 284 g/mol. The minimum absolute atomic E-state index is 0.166. The molecule has 1 aromatic rings. The fraction of sp³-hybridized carbons (Fsp3) is 0.333. The maximum Gasteiger partial charge on any atom is 0.251 e. The van der Waals surface area contributed by atoms with E-state index in [1.165, 1.54) is 18.2 Å². The Bertz CT molecular complexity index is 494. The van der Waals surface area contributed by atoms with Gasteiger partial charge < -0.3 is 5.73 Å². The Kier molecular flexibility index (Phi) is 4.81. The van der Waals surface area contributed by atoms with Crippen molar-refractivity contribution in [1.29, 1.82) is 0 Å². The highest BCUT2D eigenvalue weighted by molar-refractivity contribution is 7.89. The molecular weight excluding hydrogens is 274 g/mol. The molecule has 0 radical (unpaired) electrons. The van der Waals surface area contributed by atoms with Gasteiger partial charge in [-0.25, -0.2) is 21.9 Å². The third-order valence-electron chi connectivity index (χ3n) is 1.98. The van der Waals surface area contributed by atoms with Crippen molar-refractivity contribution in [2.24, 2.45) is 5.73 Å². The first-order chi connectivity index (χ1) is 7.86. The van der Waals surface area contributed by atoms with Gasteiger partial charge in [-0.05, 0) is 17.7 Å². The SMILES string of the molecule is NCc1ccc(S(=O)(=O)NCC(F)F)cc1Cl. The van der Waals surface area contributed by atoms with Gasteiger partial charge in [-0.1, -0.05) is 17.7 Å². The fourth-order valence-electron chi connectivity index (χ4n) is 1.12. The topological polar surface area (TPSA) is 72.2 Å². The zero-order valence-corrected chi connectivity index (χ0v) is 10.2. The van der Waals surface area contributed by atoms with Gasteiger partial charge in [-0.15, -0.1) is 0 Å². The van der Waals surface area contributed by atoms with Crippen LogP contribution >= 0.6 is 11.6 Å². The lowest BCUT2D eigenvalue weighted by Crippen LogP contribution is -2.28. The van der Waals surface area contributed by atoms with Gasteiger partial charge in [0, 0.05) is 11.6 Å². The average molecular weight is 285 g/mol. The predicted molar refractivity (Wildman–Crippen MR) is 60.5 cm³/mol. The molecule has 0 heterocycles. The number of nitrogens with one attached hydrogen (secondary N) is 1. The molecule has 1 rings (SSSR count). The van der Waals surface area contributed by atoms with Crippen molar-refractivity contribution in [2.75, 3.05) is 6.54 Å². The molecule has 0 spiro atoms. The minimum Gasteiger partial charge on any atom is -0.326 e. The van der Waals surface area contributed by atoms with Crippen LogP contribution in [0.15, 0.2) is 23.1 Å². The molecule has 3 N–H and O–H groups in total. The second kappa shape index (κ2) is 5.72. The van der Waals surface area contributed by atoms with E-state index in [0.29, 0.717) is 5.56 Å². The van der Waals surface area contributed by atoms with Crippen molar-refractivity contribution in [3.05, 3.63) is 28.8 Å². The Labute approximate surface area is 103 Å². The number of alkyl halides is 2. The lowest BCUT2D eigenvalue weighted by molar-refractivity contribution is 0.153. The molecule has 17 heavy (non-hydrogen) atoms. The fourth-order valence-corrected chi connectivity index (χ4v) is 2.47. The smallest absolute Gasteiger partial charge is 0.251 e. The van der Waals surface area contributed by atoms with Crippen molar-refractivity contribution in [1.82, 2.24) is 4.72 Å². The molecule has 0 saturated heterocycles. The maximum atomic E-state index is 11.9. The molecule has 1 aromatic carbocycles. The summed E-state index contributed by atoms with van der Waals surface area (Å²) >= 11 is 5.78. The summed E-state index contributed by atoms with van der Waals surface area (Å²) in [6.07, 6.45) is -2.75. The normalized spacial score (nSPS) is 12.1. The molecule has 0 amide bonds. The van der Waals surface area contributed by atoms with Gasteiger partial charge in [0.25, 0.3) is 6.43 Å². The zero-order valence-electron chi connectivity index (χ0n) is 8.66. The van der Waals surface area contributed by atoms with Gasteiger partial charge in [0.15, 0.2) is 0 Å². The summed E-state index contributed by atoms with van der Waals surface area (Å²) in [4.78, 5) is -0.166. The van der Waals surface area contributed by atoms with E-state index in [4.69, 9.17) is 17.3 Å². The van der Waals surface area contributed by atoms with Gasteiger partial charge in [-0.2, -0.15) is 0 Å². The molecule has 0 unspecified atom stereocenters. The summed E-state index contributed by atoms with van der Waals surface area (Å²) in [5, 5.41) is 0.187. The molecule has 0 aliphatic heterocycles. The molecule has 0 atom stereocenters. The van der Waals surface area contributed by atoms with E-state index in [-0.39, 0.29) is 16.5 Å². The quantitative estimate of drug-likeness (QED) is 0.857. The van der Waals surface area contributed by atoms with Crippen molar-refractivity contribution in [3.8, 4) is 0 Å². The van der Waals surface area contributed by atoms with Crippen LogP contribution in [0.3, 0.4) is 0 Å². The lowest BCUT2D eigenvalue weighted by atomic mass is 10.2. The minimum atomic E-state index is -3.96. The first-order valence-electron chi connectivity index (χ1n) is 4.63. The van der Waals surface area contributed by atoms with E-state index in [1.807, 2.05) is 0 Å². The zero-order chi connectivity index (χ0) is 13.1. The second-order valence-electron chi connectivity index (χ2n) is 3.20. The van der Waals surface area contributed by atoms with Crippen LogP contribution in [-0.4, -0.2) is 21.4 Å². The summed E-state index contributed by atoms with van der Waals surface area (Å²) in [7, 11) is -3.96. The van der Waals surface area contributed by atoms with E-state index in [2.05, 4.69) is 0 Å². The maximum absolute atomic E-state index is 11.9. The average Bonchev–Trinajstić information content (AvgIpc) is 2.26. The summed E-state index contributed by atoms with van der Waals surface area (Å²) < 4.78 is 48.7. The van der Waals surface area contributed by atoms with Crippen LogP contribution in [0.4, 0.5) is 8.78 Å². The second-order valence-corrected chi connectivity index (χ2v) is 5.37. The standard InChI is InChI=1S/C9H11ClF2N2O2S/c10-8-3-7(2-1-6(8)4-13)17(15,16)14-5-9(11)12/h1-3,9,14H,4-5,13H2. The van der Waals surface area contributed by atoms with Gasteiger partial charge in [-0.3, -0.25) is 0 Å². The van der Waals surface area contributed by atoms with Crippen molar-refractivity contribution >= 4 is 21.6 Å². The highest BCUT2D eigenvalue weighted by Gasteiger charge is 2.17. The molecule has 8 heteroatoms. The van der Waals surface area contributed by atoms with Crippen LogP contribution in [0.25, 0.3) is 0 Å². The van der Waals surface area contributed by atoms with Gasteiger partial charge >= 0.3 is 0 Å². The highest BCUT2D eigenvalue weighted by Crippen LogP contribution is 2.20. The largest absolute Gasteiger partial charge is 0.326 e. The number of hydrogen-bond donors (Lipinski definition) is 2. The first-order valence-corrected chi connectivity index (χ1v) is 6.49. The molecule has 0 aromatic heterocycles. The third kappa shape index (κ3) is 3.88. The number of halogens is 3. The van der Waals surface area contributed by atoms with Crippen molar-refractivity contribution in [2.45, 2.75) is 17.9 Å². The van der Waals surface area contributed by atoms with Crippen LogP contribution < -0.4 is 10.5 Å². The van der Waals surface area contributed by atoms with E-state index >= 15 is 0 Å². The lowest BCUT2D eigenvalue weighted by Gasteiger charge is -2.08. The first kappa shape index (κ1) is 14.3. The third-order valence-corrected chi connectivity index (χ3v) is 3.76. The Balaban J connectivity index is 2.96. The number of benzene rings is 1. The summed E-state index contributed by atoms with van der Waals surface area (Å²) in [6.45, 7) is -0.762. The number of hydrogen-bond acceptors (Lipinski definition) is 3. The molecule has 0 bridgehead atoms. The Morgan fingerprint density at radius 1 is 1.41 bits per heavy atom. The summed E-state index contributed by atoms with van der Waals surface area (Å²) in [5.41, 5.74) is 5.94. The molecule has 0 fully saturated rings. The van der Waals surface area contributed by atoms with Crippen molar-refractivity contribution in [3.63, 3.8) is 0 Å². The van der Waals surface area contributed by atoms with Gasteiger partial charge in [0.1, 0.15) is 0 Å². The van der Waals surface area contributed by atoms with Crippen LogP contribution in [0.1, 0.15) is 5.56 Å². The highest BCUT2D eigenvalue weighted by atomic mass is 35.5. The summed E-state index contributed by atoms with van der Waals surface area (Å²) in [6, 6.07) is 3.89. The van der Waals surface area contributed by atoms with Crippen LogP contribution in [0.5, 0.6) is 0 Å². The molecule has 0 aliphatic rings. The van der Waals surface area contributed by atoms with Crippen LogP contribution in [-0.2, 0) is 16.6 Å². The van der Waals surface area contributed by atoms with E-state index in [1.54, 1.807) is 4.72 Å². The van der Waals surface area contributed by atoms with Gasteiger partial charge in [0.2, 0.25) is 10.0 Å². The van der Waals surface area contributed by atoms with E-state index < -0.39 is 23.0 Å². The van der Waals surface area contributed by atoms with E-state index in [0.717, 1.165) is 0 Å². The van der Waals surface area contributed by atoms with Gasteiger partial charge in [0.05, 0.1) is 11.4 Å². The van der Waals surface area contributed by atoms with Crippen molar-refractivity contribution < 1.29 is 17.2 Å². The number of sulfonamides is 1. The molecule has 96 valence electrons. The predicted octanol–water partition coefficient (Wildman–Crippen LogP) is 1.34. The molecule has 0 aliphatic carbocycles. The van der Waals surface area contributed by atoms with E-state index in [9.17, 15) is 17.2 Å². The van der Waals surface area contributed by atoms with Crippen LogP contribution in [0.2, 0.25) is 5.02 Å². The summed E-state index contributed by atoms with van der Waals surface area (Å²) in [5.74, 6) is 0. The van der Waals surface area contributed by atoms with Crippen LogP contribution in [0, 0.1) is 0 Å². The molecule has 4 nitrogen and oxygen atoms in total. The Hall–Kier alpha value is -0.760. The number of nitrogens with two attached hydrogens (primary N) is 1.